The van der Waals surface area contributed by atoms with Crippen LogP contribution in [0.5, 0.6) is 0 Å². The van der Waals surface area contributed by atoms with Gasteiger partial charge >= 0.3 is 0 Å². The first-order chi connectivity index (χ1) is 12.4. The zero-order valence-electron chi connectivity index (χ0n) is 15.0. The van der Waals surface area contributed by atoms with Gasteiger partial charge in [-0.2, -0.15) is 0 Å². The Labute approximate surface area is 151 Å². The number of amides is 2. The Kier molecular flexibility index (Phi) is 6.06. The molecule has 136 valence electrons. The highest BCUT2D eigenvalue weighted by Gasteiger charge is 2.19. The van der Waals surface area contributed by atoms with Gasteiger partial charge in [0.1, 0.15) is 0 Å². The molecule has 0 radical (unpaired) electrons. The van der Waals surface area contributed by atoms with Crippen molar-refractivity contribution in [2.24, 2.45) is 0 Å². The minimum Gasteiger partial charge on any atom is -0.339 e. The number of aryl methyl sites for hydroxylation is 1. The summed E-state index contributed by atoms with van der Waals surface area (Å²) in [5.41, 5.74) is 1.46. The van der Waals surface area contributed by atoms with Gasteiger partial charge in [-0.15, -0.1) is 0 Å². The molecular formula is C19H21N3O4. The van der Waals surface area contributed by atoms with Crippen LogP contribution < -0.4 is 5.32 Å². The molecule has 0 atom stereocenters. The van der Waals surface area contributed by atoms with Gasteiger partial charge < -0.3 is 10.2 Å². The summed E-state index contributed by atoms with van der Waals surface area (Å²) in [7, 11) is 0. The van der Waals surface area contributed by atoms with Crippen LogP contribution in [0.4, 0.5) is 11.4 Å². The van der Waals surface area contributed by atoms with E-state index in [2.05, 4.69) is 5.32 Å². The molecule has 7 nitrogen and oxygen atoms in total. The van der Waals surface area contributed by atoms with Crippen LogP contribution in [0.15, 0.2) is 42.5 Å². The molecule has 2 rings (SSSR count). The topological polar surface area (TPSA) is 92.6 Å². The quantitative estimate of drug-likeness (QED) is 0.632. The Hall–Kier alpha value is -3.22. The zero-order valence-corrected chi connectivity index (χ0v) is 15.0. The van der Waals surface area contributed by atoms with E-state index in [1.807, 2.05) is 13.8 Å². The van der Waals surface area contributed by atoms with Crippen molar-refractivity contribution in [2.75, 3.05) is 18.4 Å². The predicted molar refractivity (Wildman–Crippen MR) is 99.5 cm³/mol. The van der Waals surface area contributed by atoms with Crippen molar-refractivity contribution in [3.05, 3.63) is 69.3 Å². The number of nitrogens with zero attached hydrogens (tertiary/aromatic N) is 2. The molecule has 2 aromatic carbocycles. The van der Waals surface area contributed by atoms with E-state index in [-0.39, 0.29) is 17.2 Å². The number of carbonyl (C=O) groups excluding carboxylic acids is 2. The van der Waals surface area contributed by atoms with Crippen molar-refractivity contribution < 1.29 is 14.5 Å². The Balaban J connectivity index is 2.29. The van der Waals surface area contributed by atoms with Gasteiger partial charge in [0.2, 0.25) is 0 Å². The molecule has 0 saturated carbocycles. The van der Waals surface area contributed by atoms with E-state index in [4.69, 9.17) is 0 Å². The Morgan fingerprint density at radius 1 is 1.12 bits per heavy atom. The summed E-state index contributed by atoms with van der Waals surface area (Å²) in [4.78, 5) is 37.2. The first-order valence-electron chi connectivity index (χ1n) is 8.33. The van der Waals surface area contributed by atoms with E-state index in [1.54, 1.807) is 36.1 Å². The second-order valence-electron chi connectivity index (χ2n) is 5.74. The van der Waals surface area contributed by atoms with Crippen LogP contribution in [0.2, 0.25) is 0 Å². The van der Waals surface area contributed by atoms with Gasteiger partial charge in [-0.1, -0.05) is 12.1 Å². The van der Waals surface area contributed by atoms with Crippen LogP contribution in [-0.4, -0.2) is 34.7 Å². The molecule has 0 aliphatic rings. The largest absolute Gasteiger partial charge is 0.339 e. The lowest BCUT2D eigenvalue weighted by Crippen LogP contribution is -2.31. The SMILES string of the molecule is CCN(CC)C(=O)c1ccccc1NC(=O)c1ccc([N+](=O)[O-])c(C)c1. The molecule has 1 N–H and O–H groups in total. The summed E-state index contributed by atoms with van der Waals surface area (Å²) >= 11 is 0. The summed E-state index contributed by atoms with van der Waals surface area (Å²) in [6.45, 7) is 6.50. The molecule has 0 aromatic heterocycles. The third kappa shape index (κ3) is 4.05. The van der Waals surface area contributed by atoms with Crippen LogP contribution in [0.1, 0.15) is 40.1 Å². The maximum Gasteiger partial charge on any atom is 0.272 e. The second kappa shape index (κ2) is 8.24. The van der Waals surface area contributed by atoms with Gasteiger partial charge in [0, 0.05) is 30.3 Å². The number of anilines is 1. The minimum atomic E-state index is -0.491. The molecule has 0 saturated heterocycles. The number of nitro groups is 1. The van der Waals surface area contributed by atoms with Gasteiger partial charge in [-0.3, -0.25) is 19.7 Å². The highest BCUT2D eigenvalue weighted by molar-refractivity contribution is 6.09. The van der Waals surface area contributed by atoms with Crippen LogP contribution in [0, 0.1) is 17.0 Å². The lowest BCUT2D eigenvalue weighted by molar-refractivity contribution is -0.385. The highest BCUT2D eigenvalue weighted by Crippen LogP contribution is 2.21. The zero-order chi connectivity index (χ0) is 19.3. The predicted octanol–water partition coefficient (Wildman–Crippen LogP) is 3.64. The normalized spacial score (nSPS) is 10.3. The van der Waals surface area contributed by atoms with Crippen molar-refractivity contribution in [3.63, 3.8) is 0 Å². The number of rotatable bonds is 6. The molecule has 0 aliphatic heterocycles. The number of benzene rings is 2. The Morgan fingerprint density at radius 3 is 2.35 bits per heavy atom. The second-order valence-corrected chi connectivity index (χ2v) is 5.74. The van der Waals surface area contributed by atoms with E-state index < -0.39 is 10.8 Å². The number of para-hydroxylation sites is 1. The fourth-order valence-corrected chi connectivity index (χ4v) is 2.66. The molecule has 0 spiro atoms. The van der Waals surface area contributed by atoms with Crippen molar-refractivity contribution >= 4 is 23.2 Å². The summed E-state index contributed by atoms with van der Waals surface area (Å²) < 4.78 is 0. The van der Waals surface area contributed by atoms with E-state index in [9.17, 15) is 19.7 Å². The van der Waals surface area contributed by atoms with Crippen LogP contribution in [-0.2, 0) is 0 Å². The molecule has 2 amide bonds. The van der Waals surface area contributed by atoms with Crippen molar-refractivity contribution in [1.82, 2.24) is 4.90 Å². The van der Waals surface area contributed by atoms with Crippen molar-refractivity contribution in [2.45, 2.75) is 20.8 Å². The third-order valence-electron chi connectivity index (χ3n) is 4.11. The lowest BCUT2D eigenvalue weighted by atomic mass is 10.1. The molecule has 26 heavy (non-hydrogen) atoms. The molecule has 0 fully saturated rings. The van der Waals surface area contributed by atoms with Gasteiger partial charge in [0.05, 0.1) is 16.2 Å². The molecule has 2 aromatic rings. The van der Waals surface area contributed by atoms with Gasteiger partial charge in [-0.25, -0.2) is 0 Å². The number of hydrogen-bond acceptors (Lipinski definition) is 4. The Bertz CT molecular complexity index is 844. The number of nitrogens with one attached hydrogen (secondary N) is 1. The summed E-state index contributed by atoms with van der Waals surface area (Å²) in [6.07, 6.45) is 0. The monoisotopic (exact) mass is 355 g/mol. The van der Waals surface area contributed by atoms with Crippen LogP contribution >= 0.6 is 0 Å². The molecule has 0 unspecified atom stereocenters. The molecule has 0 aliphatic carbocycles. The lowest BCUT2D eigenvalue weighted by Gasteiger charge is -2.20. The van der Waals surface area contributed by atoms with Crippen LogP contribution in [0.3, 0.4) is 0 Å². The minimum absolute atomic E-state index is 0.0429. The third-order valence-corrected chi connectivity index (χ3v) is 4.11. The smallest absolute Gasteiger partial charge is 0.272 e. The molecular weight excluding hydrogens is 334 g/mol. The summed E-state index contributed by atoms with van der Waals surface area (Å²) in [5, 5.41) is 13.6. The van der Waals surface area contributed by atoms with Crippen molar-refractivity contribution in [1.29, 1.82) is 0 Å². The van der Waals surface area contributed by atoms with Gasteiger partial charge in [0.25, 0.3) is 17.5 Å². The first kappa shape index (κ1) is 19.1. The Morgan fingerprint density at radius 2 is 1.77 bits per heavy atom. The van der Waals surface area contributed by atoms with E-state index in [0.29, 0.717) is 29.9 Å². The molecule has 0 bridgehead atoms. The maximum atomic E-state index is 12.6. The molecule has 7 heteroatoms. The maximum absolute atomic E-state index is 12.6. The number of nitro benzene ring substituents is 1. The van der Waals surface area contributed by atoms with Crippen molar-refractivity contribution in [3.8, 4) is 0 Å². The molecule has 0 heterocycles. The standard InChI is InChI=1S/C19H21N3O4/c1-4-21(5-2)19(24)15-8-6-7-9-16(15)20-18(23)14-10-11-17(22(25)26)13(3)12-14/h6-12H,4-5H2,1-3H3,(H,20,23). The summed E-state index contributed by atoms with van der Waals surface area (Å²) in [6, 6.07) is 11.0. The van der Waals surface area contributed by atoms with E-state index in [1.165, 1.54) is 18.2 Å². The van der Waals surface area contributed by atoms with Gasteiger partial charge in [-0.05, 0) is 45.0 Å². The fourth-order valence-electron chi connectivity index (χ4n) is 2.66. The highest BCUT2D eigenvalue weighted by atomic mass is 16.6. The summed E-state index contributed by atoms with van der Waals surface area (Å²) in [5.74, 6) is -0.589. The fraction of sp³-hybridized carbons (Fsp3) is 0.263. The van der Waals surface area contributed by atoms with E-state index >= 15 is 0 Å². The number of hydrogen-bond donors (Lipinski definition) is 1. The van der Waals surface area contributed by atoms with Gasteiger partial charge in [0.15, 0.2) is 0 Å². The first-order valence-corrected chi connectivity index (χ1v) is 8.33. The number of carbonyl (C=O) groups is 2. The average molecular weight is 355 g/mol. The van der Waals surface area contributed by atoms with Crippen LogP contribution in [0.25, 0.3) is 0 Å². The average Bonchev–Trinajstić information content (AvgIpc) is 2.62. The van der Waals surface area contributed by atoms with E-state index in [0.717, 1.165) is 0 Å².